The van der Waals surface area contributed by atoms with E-state index in [4.69, 9.17) is 23.2 Å². The number of hydrogen-bond acceptors (Lipinski definition) is 7. The van der Waals surface area contributed by atoms with E-state index in [1.807, 2.05) is 0 Å². The number of anilines is 1. The molecule has 0 fully saturated rings. The minimum absolute atomic E-state index is 0.0314. The number of aromatic nitrogens is 3. The van der Waals surface area contributed by atoms with Gasteiger partial charge in [0.15, 0.2) is 0 Å². The molecule has 2 aromatic carbocycles. The van der Waals surface area contributed by atoms with Crippen LogP contribution in [-0.2, 0) is 11.2 Å². The fourth-order valence-corrected chi connectivity index (χ4v) is 4.17. The highest BCUT2D eigenvalue weighted by Gasteiger charge is 2.14. The SMILES string of the molecule is O=C(CCc1nnc2s/c(=C\c3ccc([N+](=O)[O-])cc3)c(=O)n12)Nc1ccc(Cl)c(Cl)c1. The molecule has 1 amide bonds. The Balaban J connectivity index is 1.51. The number of thiazole rings is 1. The zero-order chi connectivity index (χ0) is 22.8. The van der Waals surface area contributed by atoms with Gasteiger partial charge in [-0.05, 0) is 42.0 Å². The molecule has 2 heterocycles. The van der Waals surface area contributed by atoms with Gasteiger partial charge in [-0.1, -0.05) is 34.5 Å². The second-order valence-electron chi connectivity index (χ2n) is 6.68. The third-order valence-electron chi connectivity index (χ3n) is 4.50. The van der Waals surface area contributed by atoms with Crippen LogP contribution in [0.4, 0.5) is 11.4 Å². The van der Waals surface area contributed by atoms with Crippen LogP contribution in [0, 0.1) is 10.1 Å². The summed E-state index contributed by atoms with van der Waals surface area (Å²) in [5.41, 5.74) is 0.813. The molecule has 1 N–H and O–H groups in total. The van der Waals surface area contributed by atoms with E-state index in [1.54, 1.807) is 36.4 Å². The van der Waals surface area contributed by atoms with Crippen molar-refractivity contribution in [1.82, 2.24) is 14.6 Å². The first kappa shape index (κ1) is 21.9. The van der Waals surface area contributed by atoms with Crippen LogP contribution in [0.1, 0.15) is 17.8 Å². The Morgan fingerprint density at radius 1 is 1.16 bits per heavy atom. The highest BCUT2D eigenvalue weighted by Crippen LogP contribution is 2.25. The summed E-state index contributed by atoms with van der Waals surface area (Å²) in [5, 5.41) is 22.2. The molecule has 9 nitrogen and oxygen atoms in total. The summed E-state index contributed by atoms with van der Waals surface area (Å²) in [5.74, 6) is 0.0920. The topological polar surface area (TPSA) is 120 Å². The van der Waals surface area contributed by atoms with Crippen molar-refractivity contribution in [1.29, 1.82) is 0 Å². The molecule has 0 saturated carbocycles. The first-order valence-electron chi connectivity index (χ1n) is 9.20. The Labute approximate surface area is 194 Å². The lowest BCUT2D eigenvalue weighted by Gasteiger charge is -2.05. The summed E-state index contributed by atoms with van der Waals surface area (Å²) >= 11 is 13.0. The lowest BCUT2D eigenvalue weighted by atomic mass is 10.2. The Bertz CT molecular complexity index is 1450. The van der Waals surface area contributed by atoms with Crippen LogP contribution < -0.4 is 15.4 Å². The highest BCUT2D eigenvalue weighted by atomic mass is 35.5. The molecule has 162 valence electrons. The largest absolute Gasteiger partial charge is 0.326 e. The molecule has 2 aromatic heterocycles. The van der Waals surface area contributed by atoms with Crippen LogP contribution in [-0.4, -0.2) is 25.4 Å². The number of nitro groups is 1. The van der Waals surface area contributed by atoms with Gasteiger partial charge >= 0.3 is 0 Å². The number of carbonyl (C=O) groups excluding carboxylic acids is 1. The molecule has 0 unspecified atom stereocenters. The molecule has 0 spiro atoms. The third kappa shape index (κ3) is 4.62. The minimum Gasteiger partial charge on any atom is -0.326 e. The molecule has 0 atom stereocenters. The number of amides is 1. The quantitative estimate of drug-likeness (QED) is 0.327. The van der Waals surface area contributed by atoms with Gasteiger partial charge in [0.05, 0.1) is 19.5 Å². The molecule has 0 radical (unpaired) electrons. The smallest absolute Gasteiger partial charge is 0.275 e. The lowest BCUT2D eigenvalue weighted by molar-refractivity contribution is -0.384. The second kappa shape index (κ2) is 9.03. The molecule has 4 rings (SSSR count). The van der Waals surface area contributed by atoms with Crippen LogP contribution in [0.5, 0.6) is 0 Å². The zero-order valence-corrected chi connectivity index (χ0v) is 18.4. The fourth-order valence-electron chi connectivity index (χ4n) is 2.94. The number of carbonyl (C=O) groups is 1. The van der Waals surface area contributed by atoms with Crippen molar-refractivity contribution in [2.45, 2.75) is 12.8 Å². The average molecular weight is 490 g/mol. The Morgan fingerprint density at radius 3 is 2.59 bits per heavy atom. The van der Waals surface area contributed by atoms with E-state index in [2.05, 4.69) is 15.5 Å². The van der Waals surface area contributed by atoms with Crippen molar-refractivity contribution in [3.8, 4) is 0 Å². The Kier molecular flexibility index (Phi) is 6.17. The summed E-state index contributed by atoms with van der Waals surface area (Å²) in [6.45, 7) is 0. The number of halogens is 2. The van der Waals surface area contributed by atoms with Crippen molar-refractivity contribution in [3.63, 3.8) is 0 Å². The van der Waals surface area contributed by atoms with E-state index < -0.39 is 4.92 Å². The number of rotatable bonds is 6. The number of hydrogen-bond donors (Lipinski definition) is 1. The molecule has 0 aliphatic carbocycles. The van der Waals surface area contributed by atoms with Crippen LogP contribution >= 0.6 is 34.5 Å². The summed E-state index contributed by atoms with van der Waals surface area (Å²) in [6, 6.07) is 10.6. The highest BCUT2D eigenvalue weighted by molar-refractivity contribution is 7.15. The van der Waals surface area contributed by atoms with Crippen molar-refractivity contribution in [3.05, 3.63) is 88.9 Å². The van der Waals surface area contributed by atoms with Gasteiger partial charge in [0.2, 0.25) is 10.9 Å². The van der Waals surface area contributed by atoms with Gasteiger partial charge in [-0.15, -0.1) is 10.2 Å². The van der Waals surface area contributed by atoms with Gasteiger partial charge in [-0.2, -0.15) is 0 Å². The van der Waals surface area contributed by atoms with E-state index >= 15 is 0 Å². The van der Waals surface area contributed by atoms with Gasteiger partial charge in [0, 0.05) is 30.7 Å². The average Bonchev–Trinajstić information content (AvgIpc) is 3.30. The minimum atomic E-state index is -0.488. The monoisotopic (exact) mass is 489 g/mol. The van der Waals surface area contributed by atoms with Gasteiger partial charge in [-0.25, -0.2) is 4.40 Å². The molecular formula is C20H13Cl2N5O4S. The third-order valence-corrected chi connectivity index (χ3v) is 6.19. The number of nitrogens with zero attached hydrogens (tertiary/aromatic N) is 4. The van der Waals surface area contributed by atoms with Crippen molar-refractivity contribution < 1.29 is 9.72 Å². The van der Waals surface area contributed by atoms with Crippen LogP contribution in [0.25, 0.3) is 11.0 Å². The van der Waals surface area contributed by atoms with Crippen LogP contribution in [0.2, 0.25) is 10.0 Å². The van der Waals surface area contributed by atoms with E-state index in [0.29, 0.717) is 36.6 Å². The predicted octanol–water partition coefficient (Wildman–Crippen LogP) is 3.49. The standard InChI is InChI=1S/C20H13Cl2N5O4S/c21-14-6-3-12(10-15(14)22)23-18(28)8-7-17-24-25-20-26(17)19(29)16(32-20)9-11-1-4-13(5-2-11)27(30)31/h1-6,9-10H,7-8H2,(H,23,28)/b16-9-. The second-order valence-corrected chi connectivity index (χ2v) is 8.50. The van der Waals surface area contributed by atoms with E-state index in [-0.39, 0.29) is 30.0 Å². The van der Waals surface area contributed by atoms with E-state index in [0.717, 1.165) is 11.3 Å². The molecule has 0 saturated heterocycles. The van der Waals surface area contributed by atoms with Gasteiger partial charge in [-0.3, -0.25) is 19.7 Å². The van der Waals surface area contributed by atoms with Gasteiger partial charge < -0.3 is 5.32 Å². The summed E-state index contributed by atoms with van der Waals surface area (Å²) in [4.78, 5) is 35.8. The van der Waals surface area contributed by atoms with E-state index in [1.165, 1.54) is 16.5 Å². The van der Waals surface area contributed by atoms with E-state index in [9.17, 15) is 19.7 Å². The Morgan fingerprint density at radius 2 is 1.91 bits per heavy atom. The number of benzene rings is 2. The zero-order valence-electron chi connectivity index (χ0n) is 16.1. The maximum absolute atomic E-state index is 12.8. The van der Waals surface area contributed by atoms with Gasteiger partial charge in [0.25, 0.3) is 11.2 Å². The molecule has 32 heavy (non-hydrogen) atoms. The summed E-state index contributed by atoms with van der Waals surface area (Å²) in [7, 11) is 0. The van der Waals surface area contributed by atoms with Crippen molar-refractivity contribution in [2.75, 3.05) is 5.32 Å². The van der Waals surface area contributed by atoms with Crippen molar-refractivity contribution >= 4 is 62.9 Å². The first-order chi connectivity index (χ1) is 15.3. The number of non-ortho nitro benzene ring substituents is 1. The molecule has 12 heteroatoms. The normalized spacial score (nSPS) is 11.8. The molecule has 4 aromatic rings. The maximum atomic E-state index is 12.8. The van der Waals surface area contributed by atoms with Gasteiger partial charge in [0.1, 0.15) is 5.82 Å². The molecule has 0 bridgehead atoms. The Hall–Kier alpha value is -3.34. The molecular weight excluding hydrogens is 477 g/mol. The molecule has 0 aliphatic heterocycles. The van der Waals surface area contributed by atoms with Crippen LogP contribution in [0.3, 0.4) is 0 Å². The predicted molar refractivity (Wildman–Crippen MR) is 122 cm³/mol. The number of nitro benzene ring substituents is 1. The van der Waals surface area contributed by atoms with Crippen molar-refractivity contribution in [2.24, 2.45) is 0 Å². The first-order valence-corrected chi connectivity index (χ1v) is 10.8. The summed E-state index contributed by atoms with van der Waals surface area (Å²) < 4.78 is 1.78. The number of nitrogens with one attached hydrogen (secondary N) is 1. The number of aryl methyl sites for hydroxylation is 1. The summed E-state index contributed by atoms with van der Waals surface area (Å²) in [6.07, 6.45) is 1.92. The maximum Gasteiger partial charge on any atom is 0.275 e. The lowest BCUT2D eigenvalue weighted by Crippen LogP contribution is -2.24. The van der Waals surface area contributed by atoms with Crippen LogP contribution in [0.15, 0.2) is 47.3 Å². The fraction of sp³-hybridized carbons (Fsp3) is 0.100. The molecule has 0 aliphatic rings. The number of fused-ring (bicyclic) bond motifs is 1.